The van der Waals surface area contributed by atoms with Gasteiger partial charge >= 0.3 is 29.8 Å². The summed E-state index contributed by atoms with van der Waals surface area (Å²) in [5.41, 5.74) is 23.7. The maximum absolute atomic E-state index is 14.7. The van der Waals surface area contributed by atoms with Crippen LogP contribution in [0.15, 0.2) is 316 Å². The number of aromatic carboxylic acids is 1. The number of aromatic amines is 1. The van der Waals surface area contributed by atoms with E-state index in [9.17, 15) is 47.0 Å². The van der Waals surface area contributed by atoms with Crippen molar-refractivity contribution in [3.05, 3.63) is 383 Å². The number of benzene rings is 12. The van der Waals surface area contributed by atoms with Gasteiger partial charge in [0.25, 0.3) is 0 Å². The number of nitrogens with two attached hydrogens (primary N) is 1. The number of carbonyl (C=O) groups excluding carboxylic acids is 5. The van der Waals surface area contributed by atoms with E-state index >= 15 is 0 Å². The summed E-state index contributed by atoms with van der Waals surface area (Å²) in [5.74, 6) is -2.76. The van der Waals surface area contributed by atoms with Gasteiger partial charge in [-0.3, -0.25) is 14.4 Å². The summed E-state index contributed by atoms with van der Waals surface area (Å²) in [7, 11) is 5.53. The van der Waals surface area contributed by atoms with Gasteiger partial charge in [-0.25, -0.2) is 27.6 Å². The Balaban J connectivity index is 0.000000127. The van der Waals surface area contributed by atoms with Gasteiger partial charge < -0.3 is 48.5 Å². The molecular formula is C111H102BrClF3N5O11. The van der Waals surface area contributed by atoms with Crippen LogP contribution in [0.25, 0.3) is 88.1 Å². The number of ether oxygens (including phenoxy) is 4. The number of aromatic nitrogens is 4. The molecule has 4 fully saturated rings. The highest BCUT2D eigenvalue weighted by Gasteiger charge is 2.62. The van der Waals surface area contributed by atoms with E-state index in [0.29, 0.717) is 103 Å². The number of nitrogens with zero attached hydrogens (tertiary/aromatic N) is 3. The Morgan fingerprint density at radius 3 is 1.17 bits per heavy atom. The molecule has 0 aliphatic heterocycles. The van der Waals surface area contributed by atoms with E-state index in [1.165, 1.54) is 87.1 Å². The van der Waals surface area contributed by atoms with Crippen molar-refractivity contribution in [2.45, 2.75) is 103 Å². The topological polar surface area (TPSA) is 216 Å². The van der Waals surface area contributed by atoms with E-state index < -0.39 is 17.9 Å². The average Bonchev–Trinajstić information content (AvgIpc) is 0.817. The van der Waals surface area contributed by atoms with Gasteiger partial charge in [0.15, 0.2) is 5.78 Å². The van der Waals surface area contributed by atoms with E-state index in [4.69, 9.17) is 31.5 Å². The third kappa shape index (κ3) is 20.9. The third-order valence-electron chi connectivity index (χ3n) is 25.8. The maximum Gasteiger partial charge on any atom is 0.340 e. The third-order valence-corrected chi connectivity index (χ3v) is 26.6. The highest BCUT2D eigenvalue weighted by atomic mass is 79.9. The standard InChI is InChI=1S/C33H32FNO3.C23H18FNO2.C22H16ClNO2.C13H11Br.C10H8FNO2.C10H17NO2/c1-32(31(37)38-2)20-33(21-32)17-23(18-33)16-29(36)27-12-13-28(34)26-14-15-35(30(26)27)19-22-8-10-25(11-9-22)24-6-4-3-5-7-24;1-27-23(26)20-11-12-21(24)19-13-14-25(22(19)20)15-16-7-9-18(10-8-16)17-5-3-2-4-6-17;23-19-12-18-10-11-24(21(18)20(13-19)22(25)26)14-15-6-8-17(9-7-15)16-4-2-1-3-5-16;14-10-11-6-8-13(9-7-11)12-4-2-1-3-5-12;1-14-10(13)7-2-3-8(11)6-4-5-12-9(6)7;1-9(8(12)13-2)5-10(6-9)3-7(11)4-10/h3-15,23H,16-21H2,1-2H3;2-14H,15H2,1H3;1-13H,14H2,(H,25,26);1-9H,10H2;2-5,12H,1H3;7H,3-6,11H2,1-2H3. The highest BCUT2D eigenvalue weighted by molar-refractivity contribution is 9.08. The molecule has 0 bridgehead atoms. The summed E-state index contributed by atoms with van der Waals surface area (Å²) in [6, 6.07) is 93.6. The lowest BCUT2D eigenvalue weighted by atomic mass is 9.42. The summed E-state index contributed by atoms with van der Waals surface area (Å²) >= 11 is 9.48. The zero-order valence-electron chi connectivity index (χ0n) is 74.2. The van der Waals surface area contributed by atoms with Gasteiger partial charge in [-0.15, -0.1) is 0 Å². The van der Waals surface area contributed by atoms with Crippen molar-refractivity contribution < 1.29 is 66.0 Å². The second-order valence-corrected chi connectivity index (χ2v) is 36.4. The largest absolute Gasteiger partial charge is 0.478 e. The SMILES string of the molecule is BrCc1ccc(-c2ccccc2)cc1.COC(=O)C1(C)CC2(CC(CC(=O)c3ccc(F)c4ccn(Cc5ccc(-c6ccccc6)cc5)c34)C2)C1.COC(=O)C1(C)CC2(CC(N)C2)C1.COC(=O)c1ccc(F)c2cc[nH]c12.COC(=O)c1ccc(F)c2ccn(Cc3ccc(-c4ccccc4)cc3)c12.O=C(O)c1cc(Cl)cc2ccn(Cc3ccc(-c4ccccc4)cc3)c12. The number of rotatable bonds is 19. The number of H-pyrrole nitrogens is 1. The molecule has 0 unspecified atom stereocenters. The predicted molar refractivity (Wildman–Crippen MR) is 519 cm³/mol. The van der Waals surface area contributed by atoms with Crippen molar-refractivity contribution in [1.82, 2.24) is 18.7 Å². The lowest BCUT2D eigenvalue weighted by Crippen LogP contribution is -2.59. The van der Waals surface area contributed by atoms with Crippen LogP contribution < -0.4 is 5.73 Å². The van der Waals surface area contributed by atoms with E-state index in [2.05, 4.69) is 171 Å². The van der Waals surface area contributed by atoms with Crippen molar-refractivity contribution in [2.75, 3.05) is 28.4 Å². The van der Waals surface area contributed by atoms with E-state index in [1.807, 2.05) is 119 Å². The number of methoxy groups -OCH3 is 4. The number of carboxylic acids is 1. The number of halogens is 5. The van der Waals surface area contributed by atoms with Gasteiger partial charge in [0.05, 0.1) is 78.0 Å². The summed E-state index contributed by atoms with van der Waals surface area (Å²) in [5, 5.41) is 13.0. The molecule has 4 aliphatic carbocycles. The smallest absolute Gasteiger partial charge is 0.340 e. The van der Waals surface area contributed by atoms with Crippen molar-refractivity contribution in [1.29, 1.82) is 0 Å². The molecule has 0 amide bonds. The first-order chi connectivity index (χ1) is 63.7. The number of esters is 4. The van der Waals surface area contributed by atoms with E-state index in [0.717, 1.165) is 107 Å². The second-order valence-electron chi connectivity index (χ2n) is 35.4. The summed E-state index contributed by atoms with van der Waals surface area (Å²) in [4.78, 5) is 74.6. The Morgan fingerprint density at radius 1 is 0.417 bits per heavy atom. The molecule has 16 aromatic rings. The molecule has 16 nitrogen and oxygen atoms in total. The van der Waals surface area contributed by atoms with Crippen LogP contribution in [0, 0.1) is 45.0 Å². The molecular weight excluding hydrogens is 1750 g/mol. The van der Waals surface area contributed by atoms with Gasteiger partial charge in [-0.2, -0.15) is 0 Å². The molecule has 4 N–H and O–H groups in total. The Bertz CT molecular complexity index is 6800. The Morgan fingerprint density at radius 2 is 0.773 bits per heavy atom. The fraction of sp³-hybridized carbons (Fsp3) is 0.225. The monoisotopic (exact) mass is 1850 g/mol. The Kier molecular flexibility index (Phi) is 28.7. The van der Waals surface area contributed by atoms with Crippen molar-refractivity contribution in [3.63, 3.8) is 0 Å². The molecule has 12 aromatic carbocycles. The van der Waals surface area contributed by atoms with Crippen LogP contribution in [0.2, 0.25) is 5.02 Å². The van der Waals surface area contributed by atoms with Crippen LogP contribution in [0.1, 0.15) is 135 Å². The predicted octanol–water partition coefficient (Wildman–Crippen LogP) is 25.8. The van der Waals surface area contributed by atoms with Crippen molar-refractivity contribution in [2.24, 2.45) is 33.3 Å². The number of nitrogens with one attached hydrogen (secondary N) is 1. The summed E-state index contributed by atoms with van der Waals surface area (Å²) < 4.78 is 67.1. The van der Waals surface area contributed by atoms with Crippen molar-refractivity contribution in [3.8, 4) is 44.5 Å². The number of hydrogen-bond donors (Lipinski definition) is 3. The molecule has 20 rings (SSSR count). The molecule has 672 valence electrons. The summed E-state index contributed by atoms with van der Waals surface area (Å²) in [6.07, 6.45) is 15.3. The number of carboxylic acid groups (broad SMARTS) is 1. The number of Topliss-reactive ketones (excluding diaryl/α,β-unsaturated/α-hetero) is 1. The van der Waals surface area contributed by atoms with Crippen molar-refractivity contribution >= 4 is 107 Å². The van der Waals surface area contributed by atoms with Gasteiger partial charge in [-0.1, -0.05) is 246 Å². The molecule has 4 aromatic heterocycles. The Labute approximate surface area is 778 Å². The quantitative estimate of drug-likeness (QED) is 0.0298. The molecule has 0 radical (unpaired) electrons. The number of carbonyl (C=O) groups is 6. The first-order valence-electron chi connectivity index (χ1n) is 43.8. The number of alkyl halides is 1. The van der Waals surface area contributed by atoms with Gasteiger partial charge in [0.1, 0.15) is 17.5 Å². The number of ketones is 1. The summed E-state index contributed by atoms with van der Waals surface area (Å²) in [6.45, 7) is 5.66. The molecule has 21 heteroatoms. The fourth-order valence-electron chi connectivity index (χ4n) is 20.0. The van der Waals surface area contributed by atoms with Gasteiger partial charge in [0.2, 0.25) is 0 Å². The van der Waals surface area contributed by atoms with Crippen LogP contribution in [-0.4, -0.2) is 93.9 Å². The fourth-order valence-corrected chi connectivity index (χ4v) is 20.6. The lowest BCUT2D eigenvalue weighted by molar-refractivity contribution is -0.180. The number of hydrogen-bond acceptors (Lipinski definition) is 11. The molecule has 2 spiro atoms. The minimum Gasteiger partial charge on any atom is -0.478 e. The van der Waals surface area contributed by atoms with Crippen LogP contribution in [0.3, 0.4) is 0 Å². The minimum absolute atomic E-state index is 0.0569. The minimum atomic E-state index is -0.975. The normalized spacial score (nSPS) is 18.2. The first kappa shape index (κ1) is 93.0. The average molecular weight is 1850 g/mol. The number of fused-ring (bicyclic) bond motifs is 4. The molecule has 4 aliphatic rings. The van der Waals surface area contributed by atoms with Crippen LogP contribution >= 0.6 is 27.5 Å². The zero-order valence-corrected chi connectivity index (χ0v) is 76.5. The zero-order chi connectivity index (χ0) is 93.0. The molecule has 132 heavy (non-hydrogen) atoms. The molecule has 0 atom stereocenters. The molecule has 0 saturated heterocycles. The molecule has 4 saturated carbocycles. The first-order valence-corrected chi connectivity index (χ1v) is 45.3. The van der Waals surface area contributed by atoms with Crippen LogP contribution in [0.4, 0.5) is 13.2 Å². The van der Waals surface area contributed by atoms with E-state index in [-0.39, 0.29) is 57.0 Å². The highest BCUT2D eigenvalue weighted by Crippen LogP contribution is 2.67. The van der Waals surface area contributed by atoms with Gasteiger partial charge in [-0.05, 0) is 222 Å². The van der Waals surface area contributed by atoms with Crippen LogP contribution in [-0.2, 0) is 53.5 Å². The maximum atomic E-state index is 14.7. The second kappa shape index (κ2) is 40.8. The van der Waals surface area contributed by atoms with Crippen LogP contribution in [0.5, 0.6) is 0 Å². The van der Waals surface area contributed by atoms with Gasteiger partial charge in [0, 0.05) is 94.3 Å². The lowest BCUT2D eigenvalue weighted by Gasteiger charge is -2.61. The van der Waals surface area contributed by atoms with E-state index in [1.54, 1.807) is 42.7 Å². The molecule has 4 heterocycles. The Hall–Kier alpha value is -13.7.